The standard InChI is InChI=1S/C14H20N4O2/c1-2-13(19)15-8-7-14(20)17-11-9-16-18(10-11)12-5-3-4-6-12/h2,9-10,12H,1,3-8H2,(H,15,19)(H,17,20). The molecule has 0 saturated heterocycles. The molecule has 1 aliphatic rings. The number of nitrogens with one attached hydrogen (secondary N) is 2. The van der Waals surface area contributed by atoms with Crippen molar-refractivity contribution in [1.82, 2.24) is 15.1 Å². The Morgan fingerprint density at radius 2 is 2.20 bits per heavy atom. The molecule has 0 aliphatic heterocycles. The third-order valence-electron chi connectivity index (χ3n) is 3.42. The zero-order valence-electron chi connectivity index (χ0n) is 11.5. The maximum absolute atomic E-state index is 11.7. The number of carbonyl (C=O) groups excluding carboxylic acids is 2. The van der Waals surface area contributed by atoms with Crippen molar-refractivity contribution in [3.05, 3.63) is 25.0 Å². The highest BCUT2D eigenvalue weighted by Crippen LogP contribution is 2.29. The molecule has 0 aromatic carbocycles. The predicted molar refractivity (Wildman–Crippen MR) is 76.2 cm³/mol. The van der Waals surface area contributed by atoms with Crippen molar-refractivity contribution in [3.63, 3.8) is 0 Å². The summed E-state index contributed by atoms with van der Waals surface area (Å²) in [5.41, 5.74) is 0.706. The Labute approximate surface area is 118 Å². The molecule has 1 fully saturated rings. The van der Waals surface area contributed by atoms with Gasteiger partial charge in [0.15, 0.2) is 0 Å². The summed E-state index contributed by atoms with van der Waals surface area (Å²) in [5, 5.41) is 9.63. The summed E-state index contributed by atoms with van der Waals surface area (Å²) in [4.78, 5) is 22.6. The molecule has 6 nitrogen and oxygen atoms in total. The van der Waals surface area contributed by atoms with Gasteiger partial charge in [-0.15, -0.1) is 0 Å². The normalized spacial score (nSPS) is 15.0. The zero-order valence-corrected chi connectivity index (χ0v) is 11.5. The molecule has 1 saturated carbocycles. The molecule has 20 heavy (non-hydrogen) atoms. The average molecular weight is 276 g/mol. The van der Waals surface area contributed by atoms with Crippen molar-refractivity contribution in [2.45, 2.75) is 38.1 Å². The number of aromatic nitrogens is 2. The van der Waals surface area contributed by atoms with Crippen LogP contribution < -0.4 is 10.6 Å². The van der Waals surface area contributed by atoms with Gasteiger partial charge >= 0.3 is 0 Å². The Morgan fingerprint density at radius 3 is 2.90 bits per heavy atom. The van der Waals surface area contributed by atoms with Crippen molar-refractivity contribution in [2.24, 2.45) is 0 Å². The first-order valence-electron chi connectivity index (χ1n) is 6.93. The molecule has 6 heteroatoms. The lowest BCUT2D eigenvalue weighted by Crippen LogP contribution is -2.25. The second-order valence-corrected chi connectivity index (χ2v) is 4.94. The molecule has 0 spiro atoms. The lowest BCUT2D eigenvalue weighted by molar-refractivity contribution is -0.117. The lowest BCUT2D eigenvalue weighted by Gasteiger charge is -2.08. The molecule has 1 aliphatic carbocycles. The molecule has 2 N–H and O–H groups in total. The van der Waals surface area contributed by atoms with Gasteiger partial charge in [0.2, 0.25) is 11.8 Å². The van der Waals surface area contributed by atoms with E-state index in [1.165, 1.54) is 18.9 Å². The van der Waals surface area contributed by atoms with E-state index in [2.05, 4.69) is 22.3 Å². The first kappa shape index (κ1) is 14.3. The molecular formula is C14H20N4O2. The minimum atomic E-state index is -0.271. The molecule has 2 rings (SSSR count). The summed E-state index contributed by atoms with van der Waals surface area (Å²) in [6.07, 6.45) is 9.75. The molecular weight excluding hydrogens is 256 g/mol. The van der Waals surface area contributed by atoms with Crippen LogP contribution in [0.5, 0.6) is 0 Å². The molecule has 0 unspecified atom stereocenters. The number of amides is 2. The first-order chi connectivity index (χ1) is 9.69. The zero-order chi connectivity index (χ0) is 14.4. The highest BCUT2D eigenvalue weighted by atomic mass is 16.2. The molecule has 0 bridgehead atoms. The van der Waals surface area contributed by atoms with Crippen molar-refractivity contribution in [3.8, 4) is 0 Å². The van der Waals surface area contributed by atoms with Crippen molar-refractivity contribution in [1.29, 1.82) is 0 Å². The maximum atomic E-state index is 11.7. The third kappa shape index (κ3) is 3.94. The topological polar surface area (TPSA) is 76.0 Å². The van der Waals surface area contributed by atoms with Crippen LogP contribution in [0.2, 0.25) is 0 Å². The largest absolute Gasteiger partial charge is 0.352 e. The van der Waals surface area contributed by atoms with E-state index in [1.54, 1.807) is 6.20 Å². The molecule has 0 atom stereocenters. The number of carbonyl (C=O) groups is 2. The molecule has 1 heterocycles. The fraction of sp³-hybridized carbons (Fsp3) is 0.500. The van der Waals surface area contributed by atoms with Crippen LogP contribution in [0, 0.1) is 0 Å². The summed E-state index contributed by atoms with van der Waals surface area (Å²) in [6, 6.07) is 0.465. The Bertz CT molecular complexity index is 489. The summed E-state index contributed by atoms with van der Waals surface area (Å²) in [6.45, 7) is 3.64. The van der Waals surface area contributed by atoms with Gasteiger partial charge in [-0.1, -0.05) is 19.4 Å². The Kier molecular flexibility index (Phi) is 4.92. The van der Waals surface area contributed by atoms with Crippen LogP contribution in [-0.2, 0) is 9.59 Å². The fourth-order valence-electron chi connectivity index (χ4n) is 2.37. The quantitative estimate of drug-likeness (QED) is 0.775. The second kappa shape index (κ2) is 6.88. The van der Waals surface area contributed by atoms with Crippen molar-refractivity contribution >= 4 is 17.5 Å². The highest BCUT2D eigenvalue weighted by molar-refractivity contribution is 5.91. The van der Waals surface area contributed by atoms with Crippen molar-refractivity contribution < 1.29 is 9.59 Å². The van der Waals surface area contributed by atoms with Crippen LogP contribution in [-0.4, -0.2) is 28.1 Å². The smallest absolute Gasteiger partial charge is 0.243 e. The maximum Gasteiger partial charge on any atom is 0.243 e. The van der Waals surface area contributed by atoms with Gasteiger partial charge in [-0.25, -0.2) is 0 Å². The minimum Gasteiger partial charge on any atom is -0.352 e. The lowest BCUT2D eigenvalue weighted by atomic mass is 10.3. The van der Waals surface area contributed by atoms with Gasteiger partial charge in [-0.2, -0.15) is 5.10 Å². The van der Waals surface area contributed by atoms with Crippen LogP contribution in [0.4, 0.5) is 5.69 Å². The van der Waals surface area contributed by atoms with E-state index in [-0.39, 0.29) is 18.2 Å². The predicted octanol–water partition coefficient (Wildman–Crippen LogP) is 1.63. The van der Waals surface area contributed by atoms with Gasteiger partial charge in [-0.05, 0) is 18.9 Å². The van der Waals surface area contributed by atoms with Crippen LogP contribution in [0.3, 0.4) is 0 Å². The van der Waals surface area contributed by atoms with E-state index in [4.69, 9.17) is 0 Å². The molecule has 108 valence electrons. The number of hydrogen-bond acceptors (Lipinski definition) is 3. The number of anilines is 1. The Morgan fingerprint density at radius 1 is 1.45 bits per heavy atom. The fourth-order valence-corrected chi connectivity index (χ4v) is 2.37. The van der Waals surface area contributed by atoms with Gasteiger partial charge in [-0.3, -0.25) is 14.3 Å². The van der Waals surface area contributed by atoms with Gasteiger partial charge in [0.05, 0.1) is 17.9 Å². The number of hydrogen-bond donors (Lipinski definition) is 2. The number of nitrogens with zero attached hydrogens (tertiary/aromatic N) is 2. The van der Waals surface area contributed by atoms with Gasteiger partial charge in [0.25, 0.3) is 0 Å². The van der Waals surface area contributed by atoms with E-state index < -0.39 is 0 Å². The summed E-state index contributed by atoms with van der Waals surface area (Å²) < 4.78 is 1.93. The van der Waals surface area contributed by atoms with E-state index in [1.807, 2.05) is 10.9 Å². The third-order valence-corrected chi connectivity index (χ3v) is 3.42. The van der Waals surface area contributed by atoms with Gasteiger partial charge < -0.3 is 10.6 Å². The molecule has 1 aromatic rings. The Balaban J connectivity index is 1.76. The molecule has 0 radical (unpaired) electrons. The Hall–Kier alpha value is -2.11. The monoisotopic (exact) mass is 276 g/mol. The minimum absolute atomic E-state index is 0.139. The van der Waals surface area contributed by atoms with Crippen LogP contribution in [0.15, 0.2) is 25.0 Å². The first-order valence-corrected chi connectivity index (χ1v) is 6.93. The molecule has 2 amide bonds. The average Bonchev–Trinajstić information content (AvgIpc) is 3.08. The van der Waals surface area contributed by atoms with Gasteiger partial charge in [0.1, 0.15) is 0 Å². The van der Waals surface area contributed by atoms with Crippen LogP contribution in [0.1, 0.15) is 38.1 Å². The van der Waals surface area contributed by atoms with Crippen molar-refractivity contribution in [2.75, 3.05) is 11.9 Å². The number of rotatable bonds is 6. The summed E-state index contributed by atoms with van der Waals surface area (Å²) >= 11 is 0. The molecule has 1 aromatic heterocycles. The van der Waals surface area contributed by atoms with E-state index in [0.717, 1.165) is 12.8 Å². The van der Waals surface area contributed by atoms with E-state index >= 15 is 0 Å². The van der Waals surface area contributed by atoms with E-state index in [9.17, 15) is 9.59 Å². The second-order valence-electron chi connectivity index (χ2n) is 4.94. The summed E-state index contributed by atoms with van der Waals surface area (Å²) in [7, 11) is 0. The van der Waals surface area contributed by atoms with Crippen LogP contribution in [0.25, 0.3) is 0 Å². The highest BCUT2D eigenvalue weighted by Gasteiger charge is 2.17. The summed E-state index contributed by atoms with van der Waals surface area (Å²) in [5.74, 6) is -0.410. The van der Waals surface area contributed by atoms with E-state index in [0.29, 0.717) is 18.3 Å². The van der Waals surface area contributed by atoms with Crippen LogP contribution >= 0.6 is 0 Å². The van der Waals surface area contributed by atoms with Gasteiger partial charge in [0, 0.05) is 19.2 Å². The SMILES string of the molecule is C=CC(=O)NCCC(=O)Nc1cnn(C2CCCC2)c1.